The summed E-state index contributed by atoms with van der Waals surface area (Å²) in [6.45, 7) is 4.51. The van der Waals surface area contributed by atoms with Crippen molar-refractivity contribution >= 4 is 5.82 Å². The Morgan fingerprint density at radius 1 is 1.50 bits per heavy atom. The van der Waals surface area contributed by atoms with Crippen LogP contribution >= 0.6 is 0 Å². The van der Waals surface area contributed by atoms with Gasteiger partial charge in [0.25, 0.3) is 0 Å². The van der Waals surface area contributed by atoms with Gasteiger partial charge in [0.1, 0.15) is 5.82 Å². The number of hydrogen-bond donors (Lipinski definition) is 2. The fourth-order valence-corrected chi connectivity index (χ4v) is 2.23. The molecule has 0 radical (unpaired) electrons. The molecule has 4 nitrogen and oxygen atoms in total. The van der Waals surface area contributed by atoms with Crippen molar-refractivity contribution in [2.24, 2.45) is 5.84 Å². The number of aromatic nitrogens is 1. The Morgan fingerprint density at radius 2 is 2.38 bits per heavy atom. The minimum absolute atomic E-state index is 0.695. The molecule has 0 amide bonds. The molecule has 0 saturated carbocycles. The van der Waals surface area contributed by atoms with E-state index in [0.29, 0.717) is 6.04 Å². The molecule has 2 rings (SSSR count). The first-order chi connectivity index (χ1) is 7.79. The van der Waals surface area contributed by atoms with Crippen LogP contribution in [0.15, 0.2) is 18.3 Å². The maximum Gasteiger partial charge on any atom is 0.139 e. The average Bonchev–Trinajstić information content (AvgIpc) is 2.33. The Hall–Kier alpha value is -1.13. The third-order valence-corrected chi connectivity index (χ3v) is 3.30. The van der Waals surface area contributed by atoms with E-state index in [1.807, 2.05) is 12.3 Å². The van der Waals surface area contributed by atoms with Crippen molar-refractivity contribution in [2.45, 2.75) is 38.8 Å². The second-order valence-electron chi connectivity index (χ2n) is 4.51. The number of nitrogen functional groups attached to an aromatic ring is 1. The Morgan fingerprint density at radius 3 is 3.00 bits per heavy atom. The summed E-state index contributed by atoms with van der Waals surface area (Å²) in [7, 11) is 0. The highest BCUT2D eigenvalue weighted by molar-refractivity contribution is 5.33. The van der Waals surface area contributed by atoms with Crippen molar-refractivity contribution in [1.29, 1.82) is 0 Å². The summed E-state index contributed by atoms with van der Waals surface area (Å²) in [6.07, 6.45) is 5.90. The van der Waals surface area contributed by atoms with Crippen LogP contribution in [0.5, 0.6) is 0 Å². The van der Waals surface area contributed by atoms with Crippen molar-refractivity contribution in [3.63, 3.8) is 0 Å². The lowest BCUT2D eigenvalue weighted by molar-refractivity contribution is 0.152. The molecule has 0 aliphatic carbocycles. The normalized spacial score (nSPS) is 22.0. The van der Waals surface area contributed by atoms with E-state index in [9.17, 15) is 0 Å². The zero-order valence-electron chi connectivity index (χ0n) is 9.82. The van der Waals surface area contributed by atoms with Crippen molar-refractivity contribution in [2.75, 3.05) is 12.0 Å². The first-order valence-corrected chi connectivity index (χ1v) is 5.95. The summed E-state index contributed by atoms with van der Waals surface area (Å²) in [6, 6.07) is 4.70. The molecule has 1 aromatic rings. The van der Waals surface area contributed by atoms with Gasteiger partial charge in [-0.3, -0.25) is 4.90 Å². The molecule has 16 heavy (non-hydrogen) atoms. The maximum absolute atomic E-state index is 5.28. The van der Waals surface area contributed by atoms with Gasteiger partial charge in [-0.1, -0.05) is 12.5 Å². The second-order valence-corrected chi connectivity index (χ2v) is 4.51. The van der Waals surface area contributed by atoms with Crippen LogP contribution < -0.4 is 11.3 Å². The summed E-state index contributed by atoms with van der Waals surface area (Å²) < 4.78 is 0. The predicted molar refractivity (Wildman–Crippen MR) is 65.8 cm³/mol. The number of nitrogens with zero attached hydrogens (tertiary/aromatic N) is 2. The highest BCUT2D eigenvalue weighted by Gasteiger charge is 2.17. The van der Waals surface area contributed by atoms with E-state index in [1.54, 1.807) is 0 Å². The zero-order chi connectivity index (χ0) is 11.4. The summed E-state index contributed by atoms with van der Waals surface area (Å²) in [5.41, 5.74) is 3.80. The molecule has 4 heteroatoms. The van der Waals surface area contributed by atoms with Crippen LogP contribution in [0.4, 0.5) is 5.82 Å². The lowest BCUT2D eigenvalue weighted by atomic mass is 10.0. The number of pyridine rings is 1. The van der Waals surface area contributed by atoms with Crippen molar-refractivity contribution in [3.05, 3.63) is 23.9 Å². The van der Waals surface area contributed by atoms with Crippen LogP contribution in [0.3, 0.4) is 0 Å². The van der Waals surface area contributed by atoms with Crippen LogP contribution in [0.2, 0.25) is 0 Å². The van der Waals surface area contributed by atoms with E-state index in [1.165, 1.54) is 31.4 Å². The van der Waals surface area contributed by atoms with E-state index in [0.717, 1.165) is 12.4 Å². The summed E-state index contributed by atoms with van der Waals surface area (Å²) in [5.74, 6) is 6.00. The highest BCUT2D eigenvalue weighted by atomic mass is 15.2. The van der Waals surface area contributed by atoms with Gasteiger partial charge in [-0.2, -0.15) is 0 Å². The number of nitrogens with two attached hydrogens (primary N) is 1. The summed E-state index contributed by atoms with van der Waals surface area (Å²) >= 11 is 0. The Kier molecular flexibility index (Phi) is 3.74. The van der Waals surface area contributed by atoms with Gasteiger partial charge >= 0.3 is 0 Å². The molecule has 0 spiro atoms. The average molecular weight is 220 g/mol. The number of piperidine rings is 1. The van der Waals surface area contributed by atoms with Crippen LogP contribution in [-0.2, 0) is 6.54 Å². The van der Waals surface area contributed by atoms with Gasteiger partial charge in [0.2, 0.25) is 0 Å². The van der Waals surface area contributed by atoms with Gasteiger partial charge in [-0.05, 0) is 37.9 Å². The van der Waals surface area contributed by atoms with Crippen LogP contribution in [0, 0.1) is 0 Å². The van der Waals surface area contributed by atoms with Gasteiger partial charge in [-0.15, -0.1) is 0 Å². The van der Waals surface area contributed by atoms with Crippen molar-refractivity contribution < 1.29 is 0 Å². The summed E-state index contributed by atoms with van der Waals surface area (Å²) in [4.78, 5) is 6.75. The number of rotatable bonds is 3. The smallest absolute Gasteiger partial charge is 0.139 e. The topological polar surface area (TPSA) is 54.2 Å². The van der Waals surface area contributed by atoms with E-state index in [2.05, 4.69) is 28.3 Å². The lowest BCUT2D eigenvalue weighted by Crippen LogP contribution is -2.36. The van der Waals surface area contributed by atoms with Gasteiger partial charge in [0.15, 0.2) is 0 Å². The van der Waals surface area contributed by atoms with Gasteiger partial charge in [-0.25, -0.2) is 10.8 Å². The lowest BCUT2D eigenvalue weighted by Gasteiger charge is -2.33. The largest absolute Gasteiger partial charge is 0.308 e. The first kappa shape index (κ1) is 11.4. The fraction of sp³-hybridized carbons (Fsp3) is 0.583. The van der Waals surface area contributed by atoms with E-state index in [4.69, 9.17) is 5.84 Å². The first-order valence-electron chi connectivity index (χ1n) is 5.95. The third kappa shape index (κ3) is 2.71. The molecule has 1 fully saturated rings. The molecule has 1 unspecified atom stereocenters. The van der Waals surface area contributed by atoms with E-state index in [-0.39, 0.29) is 0 Å². The minimum Gasteiger partial charge on any atom is -0.308 e. The Labute approximate surface area is 96.8 Å². The fourth-order valence-electron chi connectivity index (χ4n) is 2.23. The molecular weight excluding hydrogens is 200 g/mol. The number of nitrogens with one attached hydrogen (secondary N) is 1. The number of likely N-dealkylation sites (tertiary alicyclic amines) is 1. The molecule has 1 saturated heterocycles. The van der Waals surface area contributed by atoms with Crippen molar-refractivity contribution in [1.82, 2.24) is 9.88 Å². The molecule has 1 aliphatic rings. The molecule has 88 valence electrons. The van der Waals surface area contributed by atoms with E-state index >= 15 is 0 Å². The number of anilines is 1. The third-order valence-electron chi connectivity index (χ3n) is 3.30. The number of hydrazine groups is 1. The predicted octanol–water partition coefficient (Wildman–Crippen LogP) is 1.74. The molecule has 2 heterocycles. The maximum atomic E-state index is 5.28. The quantitative estimate of drug-likeness (QED) is 0.602. The second kappa shape index (κ2) is 5.27. The molecule has 0 aromatic carbocycles. The summed E-state index contributed by atoms with van der Waals surface area (Å²) in [5, 5.41) is 0. The van der Waals surface area contributed by atoms with Gasteiger partial charge in [0.05, 0.1) is 0 Å². The monoisotopic (exact) mass is 220 g/mol. The molecular formula is C12H20N4. The van der Waals surface area contributed by atoms with Crippen LogP contribution in [0.25, 0.3) is 0 Å². The van der Waals surface area contributed by atoms with Crippen LogP contribution in [-0.4, -0.2) is 22.5 Å². The SMILES string of the molecule is CC1CCCCN1Cc1ccc(NN)nc1. The molecule has 1 aliphatic heterocycles. The Balaban J connectivity index is 1.96. The standard InChI is InChI=1S/C12H20N4/c1-10-4-2-3-7-16(10)9-11-5-6-12(15-13)14-8-11/h5-6,8,10H,2-4,7,9,13H2,1H3,(H,14,15). The zero-order valence-corrected chi connectivity index (χ0v) is 9.82. The van der Waals surface area contributed by atoms with Gasteiger partial charge < -0.3 is 5.43 Å². The molecule has 3 N–H and O–H groups in total. The molecule has 1 atom stereocenters. The van der Waals surface area contributed by atoms with Crippen molar-refractivity contribution in [3.8, 4) is 0 Å². The van der Waals surface area contributed by atoms with Gasteiger partial charge in [0, 0.05) is 18.8 Å². The molecule has 0 bridgehead atoms. The minimum atomic E-state index is 0.695. The Bertz CT molecular complexity index is 322. The van der Waals surface area contributed by atoms with E-state index < -0.39 is 0 Å². The highest BCUT2D eigenvalue weighted by Crippen LogP contribution is 2.19. The molecule has 1 aromatic heterocycles. The number of hydrogen-bond acceptors (Lipinski definition) is 4. The van der Waals surface area contributed by atoms with Crippen LogP contribution in [0.1, 0.15) is 31.7 Å².